The van der Waals surface area contributed by atoms with E-state index >= 15 is 0 Å². The summed E-state index contributed by atoms with van der Waals surface area (Å²) in [5.74, 6) is 0.421. The maximum absolute atomic E-state index is 4.58. The van der Waals surface area contributed by atoms with Crippen molar-refractivity contribution in [3.05, 3.63) is 59.2 Å². The van der Waals surface area contributed by atoms with E-state index in [4.69, 9.17) is 0 Å². The van der Waals surface area contributed by atoms with Gasteiger partial charge in [-0.15, -0.1) is 0 Å². The van der Waals surface area contributed by atoms with Crippen molar-refractivity contribution < 1.29 is 0 Å². The highest BCUT2D eigenvalue weighted by atomic mass is 14.8. The summed E-state index contributed by atoms with van der Waals surface area (Å²) in [6.07, 6.45) is 9.30. The number of rotatable bonds is 5. The van der Waals surface area contributed by atoms with E-state index in [0.717, 1.165) is 32.4 Å². The van der Waals surface area contributed by atoms with Crippen LogP contribution in [-0.2, 0) is 13.0 Å². The zero-order valence-electron chi connectivity index (χ0n) is 12.0. The molecule has 1 aliphatic carbocycles. The van der Waals surface area contributed by atoms with E-state index in [0.29, 0.717) is 5.92 Å². The molecule has 0 saturated heterocycles. The van der Waals surface area contributed by atoms with Crippen LogP contribution in [0.1, 0.15) is 48.1 Å². The molecule has 0 amide bonds. The van der Waals surface area contributed by atoms with Crippen molar-refractivity contribution in [1.82, 2.24) is 15.3 Å². The lowest BCUT2D eigenvalue weighted by molar-refractivity contribution is 0.671. The molecule has 2 aromatic rings. The Morgan fingerprint density at radius 2 is 2.30 bits per heavy atom. The zero-order chi connectivity index (χ0) is 13.8. The van der Waals surface area contributed by atoms with E-state index < -0.39 is 0 Å². The van der Waals surface area contributed by atoms with Crippen molar-refractivity contribution in [2.24, 2.45) is 0 Å². The number of aromatic nitrogens is 2. The molecule has 1 unspecified atom stereocenters. The number of nitrogens with one attached hydrogen (secondary N) is 1. The van der Waals surface area contributed by atoms with E-state index in [1.807, 2.05) is 24.7 Å². The molecule has 0 spiro atoms. The fourth-order valence-electron chi connectivity index (χ4n) is 2.94. The Labute approximate surface area is 120 Å². The molecule has 1 N–H and O–H groups in total. The lowest BCUT2D eigenvalue weighted by atomic mass is 9.97. The molecule has 3 nitrogen and oxygen atoms in total. The molecular formula is C17H21N3. The molecule has 2 aromatic heterocycles. The minimum absolute atomic E-state index is 0.421. The smallest absolute Gasteiger partial charge is 0.0510 e. The average Bonchev–Trinajstić information content (AvgIpc) is 2.92. The summed E-state index contributed by atoms with van der Waals surface area (Å²) in [4.78, 5) is 8.99. The normalized spacial score (nSPS) is 17.1. The third-order valence-electron chi connectivity index (χ3n) is 3.93. The first kappa shape index (κ1) is 13.3. The number of hydrogen-bond donors (Lipinski definition) is 1. The lowest BCUT2D eigenvalue weighted by Crippen LogP contribution is -2.14. The standard InChI is InChI=1S/C17H21N3/c1-2-7-18-10-13-9-15(12-19-11-13)16-6-5-14-4-3-8-20-17(14)16/h3-4,8-9,11-12,16,18H,2,5-7,10H2,1H3. The molecule has 0 bridgehead atoms. The van der Waals surface area contributed by atoms with E-state index in [9.17, 15) is 0 Å². The summed E-state index contributed by atoms with van der Waals surface area (Å²) in [5, 5.41) is 3.43. The van der Waals surface area contributed by atoms with E-state index in [1.165, 1.54) is 22.4 Å². The summed E-state index contributed by atoms with van der Waals surface area (Å²) < 4.78 is 0. The van der Waals surface area contributed by atoms with Crippen LogP contribution in [0.4, 0.5) is 0 Å². The van der Waals surface area contributed by atoms with E-state index in [2.05, 4.69) is 34.3 Å². The van der Waals surface area contributed by atoms with Gasteiger partial charge in [0, 0.05) is 31.1 Å². The van der Waals surface area contributed by atoms with Gasteiger partial charge in [-0.1, -0.05) is 19.1 Å². The summed E-state index contributed by atoms with van der Waals surface area (Å²) >= 11 is 0. The van der Waals surface area contributed by atoms with Crippen LogP contribution in [0.5, 0.6) is 0 Å². The predicted molar refractivity (Wildman–Crippen MR) is 80.6 cm³/mol. The first-order chi connectivity index (χ1) is 9.88. The Morgan fingerprint density at radius 1 is 1.35 bits per heavy atom. The summed E-state index contributed by atoms with van der Waals surface area (Å²) in [6, 6.07) is 6.51. The van der Waals surface area contributed by atoms with Gasteiger partial charge in [-0.2, -0.15) is 0 Å². The molecule has 2 heterocycles. The highest BCUT2D eigenvalue weighted by molar-refractivity contribution is 5.37. The number of nitrogens with zero attached hydrogens (tertiary/aromatic N) is 2. The predicted octanol–water partition coefficient (Wildman–Crippen LogP) is 3.05. The quantitative estimate of drug-likeness (QED) is 0.846. The van der Waals surface area contributed by atoms with Gasteiger partial charge in [-0.25, -0.2) is 0 Å². The third-order valence-corrected chi connectivity index (χ3v) is 3.93. The van der Waals surface area contributed by atoms with Gasteiger partial charge in [0.05, 0.1) is 5.69 Å². The summed E-state index contributed by atoms with van der Waals surface area (Å²) in [7, 11) is 0. The average molecular weight is 267 g/mol. The maximum Gasteiger partial charge on any atom is 0.0510 e. The molecule has 0 saturated carbocycles. The van der Waals surface area contributed by atoms with Crippen molar-refractivity contribution in [2.45, 2.75) is 38.6 Å². The first-order valence-corrected chi connectivity index (χ1v) is 7.47. The Bertz CT molecular complexity index is 580. The van der Waals surface area contributed by atoms with Gasteiger partial charge in [0.1, 0.15) is 0 Å². The van der Waals surface area contributed by atoms with Crippen LogP contribution in [0.15, 0.2) is 36.8 Å². The number of aryl methyl sites for hydroxylation is 1. The molecule has 1 atom stereocenters. The van der Waals surface area contributed by atoms with Gasteiger partial charge >= 0.3 is 0 Å². The molecule has 20 heavy (non-hydrogen) atoms. The Kier molecular flexibility index (Phi) is 4.07. The van der Waals surface area contributed by atoms with Gasteiger partial charge < -0.3 is 5.32 Å². The highest BCUT2D eigenvalue weighted by Gasteiger charge is 2.25. The third kappa shape index (κ3) is 2.73. The summed E-state index contributed by atoms with van der Waals surface area (Å²) in [5.41, 5.74) is 5.21. The van der Waals surface area contributed by atoms with Crippen molar-refractivity contribution >= 4 is 0 Å². The van der Waals surface area contributed by atoms with Crippen molar-refractivity contribution in [1.29, 1.82) is 0 Å². The topological polar surface area (TPSA) is 37.8 Å². The van der Waals surface area contributed by atoms with Crippen LogP contribution in [0.3, 0.4) is 0 Å². The van der Waals surface area contributed by atoms with Crippen molar-refractivity contribution in [3.8, 4) is 0 Å². The van der Waals surface area contributed by atoms with Crippen LogP contribution < -0.4 is 5.32 Å². The molecule has 0 fully saturated rings. The molecule has 0 aliphatic heterocycles. The van der Waals surface area contributed by atoms with Crippen LogP contribution in [-0.4, -0.2) is 16.5 Å². The van der Waals surface area contributed by atoms with Gasteiger partial charge in [0.2, 0.25) is 0 Å². The zero-order valence-corrected chi connectivity index (χ0v) is 12.0. The molecule has 104 valence electrons. The molecule has 1 aliphatic rings. The molecule has 3 rings (SSSR count). The van der Waals surface area contributed by atoms with Crippen LogP contribution in [0.25, 0.3) is 0 Å². The Morgan fingerprint density at radius 3 is 3.20 bits per heavy atom. The molecule has 0 aromatic carbocycles. The second-order valence-electron chi connectivity index (χ2n) is 5.44. The lowest BCUT2D eigenvalue weighted by Gasteiger charge is -2.12. The molecular weight excluding hydrogens is 246 g/mol. The van der Waals surface area contributed by atoms with Crippen LogP contribution in [0, 0.1) is 0 Å². The fourth-order valence-corrected chi connectivity index (χ4v) is 2.94. The number of hydrogen-bond acceptors (Lipinski definition) is 3. The maximum atomic E-state index is 4.58. The molecule has 3 heteroatoms. The van der Waals surface area contributed by atoms with Gasteiger partial charge in [0.15, 0.2) is 0 Å². The minimum atomic E-state index is 0.421. The Balaban J connectivity index is 1.79. The first-order valence-electron chi connectivity index (χ1n) is 7.47. The number of fused-ring (bicyclic) bond motifs is 1. The second kappa shape index (κ2) is 6.14. The van der Waals surface area contributed by atoms with Crippen LogP contribution >= 0.6 is 0 Å². The Hall–Kier alpha value is -1.74. The second-order valence-corrected chi connectivity index (χ2v) is 5.44. The van der Waals surface area contributed by atoms with E-state index in [1.54, 1.807) is 0 Å². The number of pyridine rings is 2. The fraction of sp³-hybridized carbons (Fsp3) is 0.412. The monoisotopic (exact) mass is 267 g/mol. The largest absolute Gasteiger partial charge is 0.313 e. The van der Waals surface area contributed by atoms with Gasteiger partial charge in [-0.05, 0) is 48.6 Å². The van der Waals surface area contributed by atoms with Gasteiger partial charge in [-0.3, -0.25) is 9.97 Å². The summed E-state index contributed by atoms with van der Waals surface area (Å²) in [6.45, 7) is 4.14. The van der Waals surface area contributed by atoms with Crippen molar-refractivity contribution in [3.63, 3.8) is 0 Å². The minimum Gasteiger partial charge on any atom is -0.313 e. The molecule has 0 radical (unpaired) electrons. The van der Waals surface area contributed by atoms with Crippen LogP contribution in [0.2, 0.25) is 0 Å². The van der Waals surface area contributed by atoms with E-state index in [-0.39, 0.29) is 0 Å². The van der Waals surface area contributed by atoms with Crippen molar-refractivity contribution in [2.75, 3.05) is 6.54 Å². The highest BCUT2D eigenvalue weighted by Crippen LogP contribution is 2.36. The van der Waals surface area contributed by atoms with Gasteiger partial charge in [0.25, 0.3) is 0 Å². The SMILES string of the molecule is CCCNCc1cncc(C2CCc3cccnc32)c1.